The number of benzene rings is 3. The zero-order valence-electron chi connectivity index (χ0n) is 20.7. The van der Waals surface area contributed by atoms with Gasteiger partial charge in [0.15, 0.2) is 0 Å². The molecule has 0 unspecified atom stereocenters. The predicted molar refractivity (Wildman–Crippen MR) is 147 cm³/mol. The average Bonchev–Trinajstić information content (AvgIpc) is 3.55. The van der Waals surface area contributed by atoms with Crippen LogP contribution in [0.4, 0.5) is 5.69 Å². The van der Waals surface area contributed by atoms with E-state index in [1.54, 1.807) is 11.3 Å². The second-order valence-corrected chi connectivity index (χ2v) is 10.4. The molecule has 1 aliphatic heterocycles. The SMILES string of the molecule is O=C(Cc1nnc(Cc2nc3ccc(-c4ccccc4)cc3s2)o1)Nc1cccc(OC2CCNCC2)c1. The van der Waals surface area contributed by atoms with Gasteiger partial charge in [0.2, 0.25) is 17.7 Å². The molecule has 1 aliphatic rings. The van der Waals surface area contributed by atoms with Crippen molar-refractivity contribution in [3.05, 3.63) is 89.6 Å². The molecular weight excluding hydrogens is 498 g/mol. The second-order valence-electron chi connectivity index (χ2n) is 9.24. The number of piperidine rings is 1. The Morgan fingerprint density at radius 3 is 2.68 bits per heavy atom. The number of nitrogens with zero attached hydrogens (tertiary/aromatic N) is 3. The molecule has 3 heterocycles. The molecule has 6 rings (SSSR count). The summed E-state index contributed by atoms with van der Waals surface area (Å²) in [6, 6.07) is 24.0. The number of carbonyl (C=O) groups is 1. The molecule has 9 heteroatoms. The summed E-state index contributed by atoms with van der Waals surface area (Å²) in [5.74, 6) is 1.23. The van der Waals surface area contributed by atoms with E-state index in [1.165, 1.54) is 5.56 Å². The highest BCUT2D eigenvalue weighted by molar-refractivity contribution is 7.18. The number of nitrogens with one attached hydrogen (secondary N) is 2. The summed E-state index contributed by atoms with van der Waals surface area (Å²) in [7, 11) is 0. The number of ether oxygens (including phenoxy) is 1. The van der Waals surface area contributed by atoms with Gasteiger partial charge in [-0.3, -0.25) is 4.79 Å². The number of anilines is 1. The number of carbonyl (C=O) groups excluding carboxylic acids is 1. The number of rotatable bonds is 8. The quantitative estimate of drug-likeness (QED) is 0.285. The lowest BCUT2D eigenvalue weighted by molar-refractivity contribution is -0.115. The molecule has 0 atom stereocenters. The van der Waals surface area contributed by atoms with Gasteiger partial charge < -0.3 is 19.8 Å². The summed E-state index contributed by atoms with van der Waals surface area (Å²) in [5.41, 5.74) is 3.94. The fraction of sp³-hybridized carbons (Fsp3) is 0.241. The Labute approximate surface area is 224 Å². The molecule has 8 nitrogen and oxygen atoms in total. The maximum Gasteiger partial charge on any atom is 0.233 e. The highest BCUT2D eigenvalue weighted by Gasteiger charge is 2.16. The lowest BCUT2D eigenvalue weighted by atomic mass is 10.1. The van der Waals surface area contributed by atoms with Crippen molar-refractivity contribution in [2.75, 3.05) is 18.4 Å². The summed E-state index contributed by atoms with van der Waals surface area (Å²) < 4.78 is 12.9. The number of hydrogen-bond acceptors (Lipinski definition) is 8. The Balaban J connectivity index is 1.06. The van der Waals surface area contributed by atoms with Gasteiger partial charge in [0.1, 0.15) is 23.3 Å². The Hall–Kier alpha value is -4.08. The maximum atomic E-state index is 12.6. The molecule has 2 N–H and O–H groups in total. The summed E-state index contributed by atoms with van der Waals surface area (Å²) in [4.78, 5) is 17.3. The highest BCUT2D eigenvalue weighted by Crippen LogP contribution is 2.29. The van der Waals surface area contributed by atoms with E-state index in [9.17, 15) is 4.79 Å². The molecule has 0 spiro atoms. The van der Waals surface area contributed by atoms with Crippen LogP contribution in [0.3, 0.4) is 0 Å². The lowest BCUT2D eigenvalue weighted by Gasteiger charge is -2.24. The minimum Gasteiger partial charge on any atom is -0.490 e. The second kappa shape index (κ2) is 11.1. The van der Waals surface area contributed by atoms with Crippen LogP contribution in [0.1, 0.15) is 29.6 Å². The Morgan fingerprint density at radius 2 is 1.82 bits per heavy atom. The monoisotopic (exact) mass is 525 g/mol. The summed E-state index contributed by atoms with van der Waals surface area (Å²) in [6.07, 6.45) is 2.56. The van der Waals surface area contributed by atoms with Crippen LogP contribution >= 0.6 is 11.3 Å². The Kier molecular flexibility index (Phi) is 7.10. The summed E-state index contributed by atoms with van der Waals surface area (Å²) >= 11 is 1.61. The Bertz CT molecular complexity index is 1540. The van der Waals surface area contributed by atoms with Crippen LogP contribution in [0.5, 0.6) is 5.75 Å². The van der Waals surface area contributed by atoms with Crippen molar-refractivity contribution in [1.82, 2.24) is 20.5 Å². The van der Waals surface area contributed by atoms with Crippen molar-refractivity contribution in [3.8, 4) is 16.9 Å². The fourth-order valence-electron chi connectivity index (χ4n) is 4.51. The fourth-order valence-corrected chi connectivity index (χ4v) is 5.51. The average molecular weight is 526 g/mol. The molecule has 3 aromatic carbocycles. The van der Waals surface area contributed by atoms with Gasteiger partial charge in [-0.1, -0.05) is 42.5 Å². The van der Waals surface area contributed by atoms with E-state index in [-0.39, 0.29) is 24.3 Å². The highest BCUT2D eigenvalue weighted by atomic mass is 32.1. The molecule has 5 aromatic rings. The maximum absolute atomic E-state index is 12.6. The summed E-state index contributed by atoms with van der Waals surface area (Å²) in [5, 5.41) is 15.3. The van der Waals surface area contributed by atoms with E-state index >= 15 is 0 Å². The third kappa shape index (κ3) is 5.90. The van der Waals surface area contributed by atoms with Gasteiger partial charge >= 0.3 is 0 Å². The van der Waals surface area contributed by atoms with Gasteiger partial charge in [-0.2, -0.15) is 0 Å². The molecule has 1 fully saturated rings. The van der Waals surface area contributed by atoms with E-state index in [2.05, 4.69) is 45.1 Å². The smallest absolute Gasteiger partial charge is 0.233 e. The zero-order chi connectivity index (χ0) is 25.7. The van der Waals surface area contributed by atoms with Gasteiger partial charge in [0.25, 0.3) is 0 Å². The van der Waals surface area contributed by atoms with E-state index in [0.29, 0.717) is 18.0 Å². The first kappa shape index (κ1) is 24.3. The topological polar surface area (TPSA) is 102 Å². The van der Waals surface area contributed by atoms with Gasteiger partial charge in [0.05, 0.1) is 16.6 Å². The molecule has 38 heavy (non-hydrogen) atoms. The van der Waals surface area contributed by atoms with Crippen molar-refractivity contribution >= 4 is 33.1 Å². The minimum absolute atomic E-state index is 0.00728. The molecule has 1 amide bonds. The Morgan fingerprint density at radius 1 is 0.974 bits per heavy atom. The number of hydrogen-bond donors (Lipinski definition) is 2. The molecule has 0 radical (unpaired) electrons. The van der Waals surface area contributed by atoms with Crippen molar-refractivity contribution in [2.24, 2.45) is 0 Å². The van der Waals surface area contributed by atoms with E-state index in [1.807, 2.05) is 48.5 Å². The van der Waals surface area contributed by atoms with Crippen LogP contribution in [0.2, 0.25) is 0 Å². The van der Waals surface area contributed by atoms with Crippen LogP contribution < -0.4 is 15.4 Å². The van der Waals surface area contributed by atoms with Gasteiger partial charge in [-0.25, -0.2) is 4.98 Å². The first-order chi connectivity index (χ1) is 18.7. The van der Waals surface area contributed by atoms with Crippen molar-refractivity contribution in [3.63, 3.8) is 0 Å². The van der Waals surface area contributed by atoms with Gasteiger partial charge in [0, 0.05) is 11.8 Å². The van der Waals surface area contributed by atoms with Crippen molar-refractivity contribution < 1.29 is 13.9 Å². The molecule has 2 aromatic heterocycles. The standard InChI is InChI=1S/C29H27N5O3S/c35-26(31-21-7-4-8-23(16-21)36-22-11-13-30-14-12-22)17-27-33-34-28(37-27)18-29-32-24-10-9-20(15-25(24)38-29)19-5-2-1-3-6-19/h1-10,15-16,22,30H,11-14,17-18H2,(H,31,35). The predicted octanol–water partition coefficient (Wildman–Crippen LogP) is 5.25. The van der Waals surface area contributed by atoms with Crippen LogP contribution in [-0.2, 0) is 17.6 Å². The van der Waals surface area contributed by atoms with Crippen LogP contribution in [-0.4, -0.2) is 40.3 Å². The van der Waals surface area contributed by atoms with Crippen LogP contribution in [0.25, 0.3) is 21.3 Å². The normalized spacial score (nSPS) is 14.0. The largest absolute Gasteiger partial charge is 0.490 e. The number of fused-ring (bicyclic) bond motifs is 1. The zero-order valence-corrected chi connectivity index (χ0v) is 21.5. The van der Waals surface area contributed by atoms with Crippen LogP contribution in [0, 0.1) is 0 Å². The van der Waals surface area contributed by atoms with Gasteiger partial charge in [-0.05, 0) is 61.3 Å². The molecular formula is C29H27N5O3S. The first-order valence-electron chi connectivity index (χ1n) is 12.7. The van der Waals surface area contributed by atoms with E-state index < -0.39 is 0 Å². The summed E-state index contributed by atoms with van der Waals surface area (Å²) in [6.45, 7) is 1.92. The molecule has 0 aliphatic carbocycles. The van der Waals surface area contributed by atoms with E-state index in [0.717, 1.165) is 52.5 Å². The number of aromatic nitrogens is 3. The molecule has 192 valence electrons. The third-order valence-corrected chi connectivity index (χ3v) is 7.39. The van der Waals surface area contributed by atoms with E-state index in [4.69, 9.17) is 14.1 Å². The molecule has 0 bridgehead atoms. The minimum atomic E-state index is -0.229. The number of amides is 1. The van der Waals surface area contributed by atoms with Crippen LogP contribution in [0.15, 0.2) is 77.2 Å². The van der Waals surface area contributed by atoms with Crippen molar-refractivity contribution in [1.29, 1.82) is 0 Å². The first-order valence-corrected chi connectivity index (χ1v) is 13.5. The third-order valence-electron chi connectivity index (χ3n) is 6.37. The van der Waals surface area contributed by atoms with Crippen molar-refractivity contribution in [2.45, 2.75) is 31.8 Å². The number of thiazole rings is 1. The lowest BCUT2D eigenvalue weighted by Crippen LogP contribution is -2.34. The molecule has 0 saturated carbocycles. The molecule has 1 saturated heterocycles. The van der Waals surface area contributed by atoms with Gasteiger partial charge in [-0.15, -0.1) is 21.5 Å².